The summed E-state index contributed by atoms with van der Waals surface area (Å²) < 4.78 is 0. The lowest BCUT2D eigenvalue weighted by Crippen LogP contribution is -2.16. The molecule has 0 amide bonds. The molecule has 2 atom stereocenters. The molecule has 0 heterocycles. The Balaban J connectivity index is 2.03. The number of aryl methyl sites for hydroxylation is 1. The number of benzene rings is 1. The summed E-state index contributed by atoms with van der Waals surface area (Å²) in [5.74, 6) is 6.22. The second kappa shape index (κ2) is 5.18. The molecule has 2 rings (SSSR count). The van der Waals surface area contributed by atoms with Crippen LogP contribution < -0.4 is 0 Å². The molecule has 1 N–H and O–H groups in total. The summed E-state index contributed by atoms with van der Waals surface area (Å²) in [7, 11) is 0. The lowest BCUT2D eigenvalue weighted by molar-refractivity contribution is 0.135. The fourth-order valence-electron chi connectivity index (χ4n) is 2.54. The third-order valence-electron chi connectivity index (χ3n) is 3.39. The summed E-state index contributed by atoms with van der Waals surface area (Å²) >= 11 is 0. The number of hydrogen-bond donors (Lipinski definition) is 1. The molecule has 0 bridgehead atoms. The van der Waals surface area contributed by atoms with Crippen molar-refractivity contribution in [1.29, 1.82) is 0 Å². The van der Waals surface area contributed by atoms with E-state index in [1.54, 1.807) is 0 Å². The highest BCUT2D eigenvalue weighted by Gasteiger charge is 2.27. The highest BCUT2D eigenvalue weighted by atomic mass is 16.3. The van der Waals surface area contributed by atoms with Crippen molar-refractivity contribution in [3.8, 4) is 11.8 Å². The second-order valence-electron chi connectivity index (χ2n) is 4.38. The Morgan fingerprint density at radius 2 is 2.25 bits per heavy atom. The zero-order valence-electron chi connectivity index (χ0n) is 9.74. The van der Waals surface area contributed by atoms with Crippen LogP contribution in [0.4, 0.5) is 0 Å². The van der Waals surface area contributed by atoms with Gasteiger partial charge in [-0.1, -0.05) is 24.3 Å². The summed E-state index contributed by atoms with van der Waals surface area (Å²) in [6.07, 6.45) is 3.55. The van der Waals surface area contributed by atoms with E-state index in [0.717, 1.165) is 25.7 Å². The first-order valence-corrected chi connectivity index (χ1v) is 5.98. The fourth-order valence-corrected chi connectivity index (χ4v) is 2.54. The maximum absolute atomic E-state index is 10.2. The van der Waals surface area contributed by atoms with Gasteiger partial charge >= 0.3 is 0 Å². The fraction of sp³-hybridized carbons (Fsp3) is 0.467. The van der Waals surface area contributed by atoms with Crippen molar-refractivity contribution < 1.29 is 5.11 Å². The van der Waals surface area contributed by atoms with Crippen LogP contribution in [0.1, 0.15) is 43.2 Å². The molecule has 0 aliphatic heterocycles. The van der Waals surface area contributed by atoms with Gasteiger partial charge in [0, 0.05) is 12.3 Å². The molecule has 1 aromatic rings. The largest absolute Gasteiger partial charge is 0.392 e. The standard InChI is InChI=1S/C15H18O/c1-2-3-4-9-15(16)14-11-10-12-7-5-6-8-13(12)14/h5-8,14-16H,4,9-11H2,1H3. The zero-order valence-corrected chi connectivity index (χ0v) is 9.74. The highest BCUT2D eigenvalue weighted by Crippen LogP contribution is 2.36. The van der Waals surface area contributed by atoms with E-state index >= 15 is 0 Å². The van der Waals surface area contributed by atoms with Crippen LogP contribution in [0.25, 0.3) is 0 Å². The third kappa shape index (κ3) is 2.28. The van der Waals surface area contributed by atoms with Crippen LogP contribution in [0.3, 0.4) is 0 Å². The molecule has 1 aliphatic rings. The van der Waals surface area contributed by atoms with E-state index in [9.17, 15) is 5.11 Å². The molecule has 2 unspecified atom stereocenters. The first-order valence-electron chi connectivity index (χ1n) is 5.98. The van der Waals surface area contributed by atoms with Crippen molar-refractivity contribution in [3.05, 3.63) is 35.4 Å². The Kier molecular flexibility index (Phi) is 3.64. The minimum Gasteiger partial charge on any atom is -0.392 e. The number of rotatable bonds is 3. The maximum Gasteiger partial charge on any atom is 0.0618 e. The summed E-state index contributed by atoms with van der Waals surface area (Å²) in [5.41, 5.74) is 2.76. The van der Waals surface area contributed by atoms with Gasteiger partial charge in [0.15, 0.2) is 0 Å². The van der Waals surface area contributed by atoms with Crippen molar-refractivity contribution in [2.45, 2.75) is 44.6 Å². The van der Waals surface area contributed by atoms with Gasteiger partial charge in [0.25, 0.3) is 0 Å². The summed E-state index contributed by atoms with van der Waals surface area (Å²) in [6, 6.07) is 8.47. The molecule has 0 saturated carbocycles. The van der Waals surface area contributed by atoms with Crippen LogP contribution in [0.5, 0.6) is 0 Å². The molecular formula is C15H18O. The van der Waals surface area contributed by atoms with Crippen LogP contribution in [-0.4, -0.2) is 11.2 Å². The van der Waals surface area contributed by atoms with Crippen molar-refractivity contribution in [2.24, 2.45) is 0 Å². The number of hydrogen-bond acceptors (Lipinski definition) is 1. The van der Waals surface area contributed by atoms with E-state index < -0.39 is 0 Å². The molecule has 1 aromatic carbocycles. The van der Waals surface area contributed by atoms with Crippen LogP contribution >= 0.6 is 0 Å². The Bertz CT molecular complexity index is 411. The monoisotopic (exact) mass is 214 g/mol. The Morgan fingerprint density at radius 3 is 3.06 bits per heavy atom. The molecule has 1 nitrogen and oxygen atoms in total. The molecule has 0 spiro atoms. The van der Waals surface area contributed by atoms with Gasteiger partial charge in [-0.05, 0) is 37.3 Å². The van der Waals surface area contributed by atoms with Gasteiger partial charge < -0.3 is 5.11 Å². The van der Waals surface area contributed by atoms with Crippen LogP contribution in [0.2, 0.25) is 0 Å². The summed E-state index contributed by atoms with van der Waals surface area (Å²) in [6.45, 7) is 1.84. The Labute approximate surface area is 97.5 Å². The molecule has 0 radical (unpaired) electrons. The average molecular weight is 214 g/mol. The van der Waals surface area contributed by atoms with E-state index in [0.29, 0.717) is 5.92 Å². The number of aliphatic hydroxyl groups is 1. The third-order valence-corrected chi connectivity index (χ3v) is 3.39. The van der Waals surface area contributed by atoms with Gasteiger partial charge in [0.2, 0.25) is 0 Å². The predicted octanol–water partition coefficient (Wildman–Crippen LogP) is 2.88. The van der Waals surface area contributed by atoms with Crippen molar-refractivity contribution in [3.63, 3.8) is 0 Å². The van der Waals surface area contributed by atoms with Crippen LogP contribution in [0, 0.1) is 11.8 Å². The van der Waals surface area contributed by atoms with E-state index in [1.807, 2.05) is 6.92 Å². The minimum atomic E-state index is -0.232. The van der Waals surface area contributed by atoms with Crippen molar-refractivity contribution >= 4 is 0 Å². The van der Waals surface area contributed by atoms with E-state index in [-0.39, 0.29) is 6.10 Å². The van der Waals surface area contributed by atoms with Gasteiger partial charge in [-0.25, -0.2) is 0 Å². The highest BCUT2D eigenvalue weighted by molar-refractivity contribution is 5.35. The molecule has 16 heavy (non-hydrogen) atoms. The SMILES string of the molecule is CC#CCCC(O)C1CCc2ccccc21. The molecule has 1 aliphatic carbocycles. The van der Waals surface area contributed by atoms with Gasteiger partial charge in [-0.2, -0.15) is 0 Å². The predicted molar refractivity (Wildman–Crippen MR) is 66.2 cm³/mol. The van der Waals surface area contributed by atoms with E-state index in [4.69, 9.17) is 0 Å². The summed E-state index contributed by atoms with van der Waals surface area (Å²) in [4.78, 5) is 0. The zero-order chi connectivity index (χ0) is 11.4. The average Bonchev–Trinajstić information content (AvgIpc) is 2.73. The molecule has 0 fully saturated rings. The smallest absolute Gasteiger partial charge is 0.0618 e. The van der Waals surface area contributed by atoms with Crippen molar-refractivity contribution in [1.82, 2.24) is 0 Å². The lowest BCUT2D eigenvalue weighted by atomic mass is 9.92. The van der Waals surface area contributed by atoms with E-state index in [1.165, 1.54) is 11.1 Å². The molecule has 1 heteroatoms. The van der Waals surface area contributed by atoms with Gasteiger partial charge in [0.1, 0.15) is 0 Å². The van der Waals surface area contributed by atoms with Gasteiger partial charge in [-0.15, -0.1) is 11.8 Å². The number of aliphatic hydroxyl groups excluding tert-OH is 1. The molecule has 84 valence electrons. The first-order chi connectivity index (χ1) is 7.83. The summed E-state index contributed by atoms with van der Waals surface area (Å²) in [5, 5.41) is 10.2. The maximum atomic E-state index is 10.2. The van der Waals surface area contributed by atoms with Gasteiger partial charge in [-0.3, -0.25) is 0 Å². The lowest BCUT2D eigenvalue weighted by Gasteiger charge is -2.18. The molecular weight excluding hydrogens is 196 g/mol. The minimum absolute atomic E-state index is 0.232. The van der Waals surface area contributed by atoms with Gasteiger partial charge in [0.05, 0.1) is 6.10 Å². The van der Waals surface area contributed by atoms with Crippen LogP contribution in [0.15, 0.2) is 24.3 Å². The quantitative estimate of drug-likeness (QED) is 0.767. The molecule has 0 aromatic heterocycles. The molecule has 0 saturated heterocycles. The normalized spacial score (nSPS) is 19.8. The second-order valence-corrected chi connectivity index (χ2v) is 4.38. The van der Waals surface area contributed by atoms with Crippen LogP contribution in [-0.2, 0) is 6.42 Å². The van der Waals surface area contributed by atoms with E-state index in [2.05, 4.69) is 36.1 Å². The Hall–Kier alpha value is -1.26. The number of fused-ring (bicyclic) bond motifs is 1. The first kappa shape index (κ1) is 11.2. The topological polar surface area (TPSA) is 20.2 Å². The van der Waals surface area contributed by atoms with Crippen molar-refractivity contribution in [2.75, 3.05) is 0 Å². The Morgan fingerprint density at radius 1 is 1.44 bits per heavy atom.